The Hall–Kier alpha value is -3.01. The lowest BCUT2D eigenvalue weighted by molar-refractivity contribution is 0.722. The molecule has 0 saturated heterocycles. The van der Waals surface area contributed by atoms with E-state index in [2.05, 4.69) is 35.2 Å². The molecule has 0 spiro atoms. The van der Waals surface area contributed by atoms with Gasteiger partial charge in [-0.3, -0.25) is 4.79 Å². The van der Waals surface area contributed by atoms with E-state index < -0.39 is 0 Å². The van der Waals surface area contributed by atoms with Crippen molar-refractivity contribution in [1.29, 1.82) is 0 Å². The van der Waals surface area contributed by atoms with Crippen molar-refractivity contribution in [1.82, 2.24) is 9.66 Å². The molecule has 138 valence electrons. The third-order valence-corrected chi connectivity index (χ3v) is 4.48. The first-order valence-electron chi connectivity index (χ1n) is 9.47. The average molecular weight is 359 g/mol. The molecule has 0 amide bonds. The Kier molecular flexibility index (Phi) is 6.31. The predicted octanol–water partition coefficient (Wildman–Crippen LogP) is 5.20. The van der Waals surface area contributed by atoms with Gasteiger partial charge in [-0.25, -0.2) is 4.98 Å². The van der Waals surface area contributed by atoms with Crippen molar-refractivity contribution in [2.45, 2.75) is 39.5 Å². The van der Waals surface area contributed by atoms with E-state index in [1.54, 1.807) is 12.3 Å². The zero-order valence-electron chi connectivity index (χ0n) is 15.9. The smallest absolute Gasteiger partial charge is 0.267 e. The molecule has 1 aromatic heterocycles. The van der Waals surface area contributed by atoms with Crippen LogP contribution in [0.3, 0.4) is 0 Å². The number of aromatic nitrogens is 2. The fraction of sp³-hybridized carbons (Fsp3) is 0.261. The molecule has 0 aliphatic heterocycles. The van der Waals surface area contributed by atoms with E-state index in [4.69, 9.17) is 0 Å². The third-order valence-electron chi connectivity index (χ3n) is 4.48. The summed E-state index contributed by atoms with van der Waals surface area (Å²) in [6, 6.07) is 17.6. The number of fused-ring (bicyclic) bond motifs is 1. The van der Waals surface area contributed by atoms with Crippen LogP contribution in [0.25, 0.3) is 17.0 Å². The van der Waals surface area contributed by atoms with E-state index in [9.17, 15) is 4.79 Å². The molecule has 4 nitrogen and oxygen atoms in total. The van der Waals surface area contributed by atoms with Crippen LogP contribution in [0.2, 0.25) is 0 Å². The van der Waals surface area contributed by atoms with Crippen LogP contribution in [0, 0.1) is 6.92 Å². The van der Waals surface area contributed by atoms with E-state index in [1.807, 2.05) is 43.3 Å². The molecule has 0 fully saturated rings. The van der Waals surface area contributed by atoms with Gasteiger partial charge in [0.05, 0.1) is 17.1 Å². The van der Waals surface area contributed by atoms with Crippen LogP contribution in [0.5, 0.6) is 0 Å². The minimum absolute atomic E-state index is 0.137. The molecule has 27 heavy (non-hydrogen) atoms. The van der Waals surface area contributed by atoms with Crippen molar-refractivity contribution in [2.24, 2.45) is 5.10 Å². The first-order chi connectivity index (χ1) is 13.2. The van der Waals surface area contributed by atoms with Gasteiger partial charge in [0, 0.05) is 0 Å². The zero-order chi connectivity index (χ0) is 19.1. The van der Waals surface area contributed by atoms with Gasteiger partial charge in [0.25, 0.3) is 5.56 Å². The summed E-state index contributed by atoms with van der Waals surface area (Å²) >= 11 is 0. The van der Waals surface area contributed by atoms with Crippen molar-refractivity contribution in [3.63, 3.8) is 0 Å². The van der Waals surface area contributed by atoms with E-state index in [0.29, 0.717) is 16.7 Å². The largest absolute Gasteiger partial charge is 0.282 e. The van der Waals surface area contributed by atoms with Crippen LogP contribution < -0.4 is 5.56 Å². The summed E-state index contributed by atoms with van der Waals surface area (Å²) in [5.41, 5.74) is 2.81. The molecule has 0 bridgehead atoms. The third kappa shape index (κ3) is 4.79. The molecule has 0 atom stereocenters. The van der Waals surface area contributed by atoms with Crippen molar-refractivity contribution >= 4 is 23.2 Å². The van der Waals surface area contributed by atoms with E-state index in [-0.39, 0.29) is 5.56 Å². The van der Waals surface area contributed by atoms with Crippen LogP contribution in [0.15, 0.2) is 70.1 Å². The molecule has 4 heteroatoms. The molecule has 3 aromatic rings. The first-order valence-corrected chi connectivity index (χ1v) is 9.47. The van der Waals surface area contributed by atoms with Gasteiger partial charge >= 0.3 is 0 Å². The summed E-state index contributed by atoms with van der Waals surface area (Å²) in [5, 5.41) is 5.06. The predicted molar refractivity (Wildman–Crippen MR) is 113 cm³/mol. The fourth-order valence-electron chi connectivity index (χ4n) is 3.02. The lowest BCUT2D eigenvalue weighted by atomic mass is 10.1. The molecule has 0 radical (unpaired) electrons. The standard InChI is InChI=1S/C23H25N3O/c1-3-4-6-13-20(16-19-11-7-5-8-12-19)17-24-26-18(2)25-22-15-10-9-14-21(22)23(26)27/h5,7-12,14-17H,3-4,6,13H2,1-2H3/b20-16+,24-17-. The van der Waals surface area contributed by atoms with Gasteiger partial charge < -0.3 is 0 Å². The Morgan fingerprint density at radius 3 is 2.59 bits per heavy atom. The van der Waals surface area contributed by atoms with Crippen molar-refractivity contribution < 1.29 is 0 Å². The number of hydrogen-bond acceptors (Lipinski definition) is 3. The SMILES string of the molecule is CCCCCC(/C=N\n1c(C)nc2ccccc2c1=O)=C\c1ccccc1. The number of allylic oxidation sites excluding steroid dienone is 1. The lowest BCUT2D eigenvalue weighted by Crippen LogP contribution is -2.20. The second-order valence-electron chi connectivity index (χ2n) is 6.62. The number of rotatable bonds is 7. The number of hydrogen-bond donors (Lipinski definition) is 0. The van der Waals surface area contributed by atoms with Crippen molar-refractivity contribution in [3.05, 3.63) is 81.9 Å². The van der Waals surface area contributed by atoms with Gasteiger partial charge in [-0.15, -0.1) is 0 Å². The number of para-hydroxylation sites is 1. The topological polar surface area (TPSA) is 47.2 Å². The Morgan fingerprint density at radius 2 is 1.81 bits per heavy atom. The minimum atomic E-state index is -0.137. The molecule has 0 aliphatic rings. The monoisotopic (exact) mass is 359 g/mol. The van der Waals surface area contributed by atoms with Gasteiger partial charge in [0.1, 0.15) is 5.82 Å². The summed E-state index contributed by atoms with van der Waals surface area (Å²) in [4.78, 5) is 17.3. The van der Waals surface area contributed by atoms with Crippen LogP contribution in [-0.2, 0) is 0 Å². The van der Waals surface area contributed by atoms with Crippen molar-refractivity contribution in [3.8, 4) is 0 Å². The second kappa shape index (κ2) is 9.08. The highest BCUT2D eigenvalue weighted by Gasteiger charge is 2.06. The van der Waals surface area contributed by atoms with E-state index >= 15 is 0 Å². The highest BCUT2D eigenvalue weighted by molar-refractivity contribution is 5.85. The van der Waals surface area contributed by atoms with Gasteiger partial charge in [-0.05, 0) is 43.0 Å². The molecular formula is C23H25N3O. The maximum atomic E-state index is 12.8. The summed E-state index contributed by atoms with van der Waals surface area (Å²) < 4.78 is 1.39. The van der Waals surface area contributed by atoms with Gasteiger partial charge in [0.15, 0.2) is 0 Å². The first kappa shape index (κ1) is 18.8. The van der Waals surface area contributed by atoms with Crippen LogP contribution in [0.1, 0.15) is 44.0 Å². The molecule has 0 N–H and O–H groups in total. The number of aryl methyl sites for hydroxylation is 1. The molecule has 0 unspecified atom stereocenters. The molecule has 2 aromatic carbocycles. The fourth-order valence-corrected chi connectivity index (χ4v) is 3.02. The highest BCUT2D eigenvalue weighted by atomic mass is 16.1. The summed E-state index contributed by atoms with van der Waals surface area (Å²) in [6.07, 6.45) is 8.31. The number of nitrogens with zero attached hydrogens (tertiary/aromatic N) is 3. The summed E-state index contributed by atoms with van der Waals surface area (Å²) in [7, 11) is 0. The van der Waals surface area contributed by atoms with Crippen molar-refractivity contribution in [2.75, 3.05) is 0 Å². The highest BCUT2D eigenvalue weighted by Crippen LogP contribution is 2.13. The molecule has 1 heterocycles. The maximum Gasteiger partial charge on any atom is 0.282 e. The number of benzene rings is 2. The second-order valence-corrected chi connectivity index (χ2v) is 6.62. The Morgan fingerprint density at radius 1 is 1.07 bits per heavy atom. The van der Waals surface area contributed by atoms with Gasteiger partial charge in [-0.1, -0.05) is 68.3 Å². The van der Waals surface area contributed by atoms with Crippen LogP contribution in [0.4, 0.5) is 0 Å². The zero-order valence-corrected chi connectivity index (χ0v) is 15.9. The molecule has 0 saturated carbocycles. The quantitative estimate of drug-likeness (QED) is 0.430. The Labute approximate surface area is 159 Å². The Balaban J connectivity index is 1.95. The Bertz CT molecular complexity index is 1020. The molecule has 0 aliphatic carbocycles. The molecule has 3 rings (SSSR count). The van der Waals surface area contributed by atoms with Crippen LogP contribution >= 0.6 is 0 Å². The normalized spacial score (nSPS) is 12.1. The van der Waals surface area contributed by atoms with Gasteiger partial charge in [0.2, 0.25) is 0 Å². The van der Waals surface area contributed by atoms with Crippen LogP contribution in [-0.4, -0.2) is 15.9 Å². The number of unbranched alkanes of at least 4 members (excludes halogenated alkanes) is 2. The lowest BCUT2D eigenvalue weighted by Gasteiger charge is -2.06. The summed E-state index contributed by atoms with van der Waals surface area (Å²) in [5.74, 6) is 0.586. The summed E-state index contributed by atoms with van der Waals surface area (Å²) in [6.45, 7) is 4.00. The van der Waals surface area contributed by atoms with Gasteiger partial charge in [-0.2, -0.15) is 9.78 Å². The minimum Gasteiger partial charge on any atom is -0.267 e. The van der Waals surface area contributed by atoms with E-state index in [1.165, 1.54) is 17.5 Å². The molecular weight excluding hydrogens is 334 g/mol. The van der Waals surface area contributed by atoms with E-state index in [0.717, 1.165) is 24.0 Å². The maximum absolute atomic E-state index is 12.8. The average Bonchev–Trinajstić information content (AvgIpc) is 2.68.